The number of hydrogen-bond acceptors (Lipinski definition) is 3. The fraction of sp³-hybridized carbons (Fsp3) is 0.240. The van der Waals surface area contributed by atoms with Crippen LogP contribution >= 0.6 is 0 Å². The van der Waals surface area contributed by atoms with E-state index in [1.54, 1.807) is 7.11 Å². The zero-order valence-corrected chi connectivity index (χ0v) is 16.7. The average molecular weight is 386 g/mol. The molecular weight excluding hydrogens is 360 g/mol. The van der Waals surface area contributed by atoms with Crippen LogP contribution in [0, 0.1) is 0 Å². The molecule has 0 radical (unpaired) electrons. The van der Waals surface area contributed by atoms with Crippen molar-refractivity contribution in [3.8, 4) is 16.9 Å². The Morgan fingerprint density at radius 1 is 0.966 bits per heavy atom. The molecule has 0 bridgehead atoms. The molecule has 1 unspecified atom stereocenters. The van der Waals surface area contributed by atoms with Crippen LogP contribution in [0.4, 0.5) is 5.69 Å². The second-order valence-corrected chi connectivity index (χ2v) is 7.41. The average Bonchev–Trinajstić information content (AvgIpc) is 2.80. The molecule has 1 fully saturated rings. The summed E-state index contributed by atoms with van der Waals surface area (Å²) in [5.74, 6) is 0.943. The van der Waals surface area contributed by atoms with Crippen LogP contribution in [0.5, 0.6) is 5.75 Å². The molecule has 0 aromatic heterocycles. The summed E-state index contributed by atoms with van der Waals surface area (Å²) in [6.07, 6.45) is 2.05. The number of anilines is 1. The van der Waals surface area contributed by atoms with Gasteiger partial charge in [-0.2, -0.15) is 0 Å². The molecule has 1 atom stereocenters. The van der Waals surface area contributed by atoms with Crippen LogP contribution in [0.1, 0.15) is 23.2 Å². The lowest BCUT2D eigenvalue weighted by Crippen LogP contribution is -2.45. The lowest BCUT2D eigenvalue weighted by molar-refractivity contribution is 0.0715. The van der Waals surface area contributed by atoms with Gasteiger partial charge in [-0.1, -0.05) is 42.5 Å². The molecule has 3 aromatic carbocycles. The standard InChI is InChI=1S/C25H26N2O2/c1-29-24-14-12-22(13-15-24)26-23-11-6-16-27(18-23)25(28)21-10-5-9-20(17-21)19-7-3-2-4-8-19/h2-5,7-10,12-15,17,23,26H,6,11,16,18H2,1H3. The van der Waals surface area contributed by atoms with Gasteiger partial charge < -0.3 is 15.0 Å². The molecule has 0 spiro atoms. The zero-order valence-electron chi connectivity index (χ0n) is 16.7. The van der Waals surface area contributed by atoms with E-state index in [2.05, 4.69) is 23.5 Å². The lowest BCUT2D eigenvalue weighted by Gasteiger charge is -2.34. The van der Waals surface area contributed by atoms with Crippen LogP contribution in [0.2, 0.25) is 0 Å². The van der Waals surface area contributed by atoms with Gasteiger partial charge in [0.1, 0.15) is 5.75 Å². The highest BCUT2D eigenvalue weighted by Crippen LogP contribution is 2.23. The Labute approximate surface area is 172 Å². The first-order chi connectivity index (χ1) is 14.2. The molecule has 3 aromatic rings. The Balaban J connectivity index is 1.44. The number of benzene rings is 3. The third-order valence-electron chi connectivity index (χ3n) is 5.39. The van der Waals surface area contributed by atoms with E-state index < -0.39 is 0 Å². The number of amides is 1. The van der Waals surface area contributed by atoms with Crippen molar-refractivity contribution in [2.75, 3.05) is 25.5 Å². The van der Waals surface area contributed by atoms with Gasteiger partial charge in [0.15, 0.2) is 0 Å². The van der Waals surface area contributed by atoms with E-state index in [-0.39, 0.29) is 11.9 Å². The van der Waals surface area contributed by atoms with Crippen molar-refractivity contribution in [3.05, 3.63) is 84.4 Å². The Morgan fingerprint density at radius 3 is 2.48 bits per heavy atom. The first-order valence-corrected chi connectivity index (χ1v) is 10.1. The minimum atomic E-state index is 0.101. The van der Waals surface area contributed by atoms with E-state index in [9.17, 15) is 4.79 Å². The van der Waals surface area contributed by atoms with Crippen molar-refractivity contribution < 1.29 is 9.53 Å². The molecule has 148 valence electrons. The number of rotatable bonds is 5. The monoisotopic (exact) mass is 386 g/mol. The zero-order chi connectivity index (χ0) is 20.1. The van der Waals surface area contributed by atoms with Crippen LogP contribution in [0.15, 0.2) is 78.9 Å². The fourth-order valence-corrected chi connectivity index (χ4v) is 3.85. The van der Waals surface area contributed by atoms with E-state index in [1.165, 1.54) is 0 Å². The number of methoxy groups -OCH3 is 1. The number of carbonyl (C=O) groups excluding carboxylic acids is 1. The molecule has 4 nitrogen and oxygen atoms in total. The van der Waals surface area contributed by atoms with Gasteiger partial charge in [0.25, 0.3) is 5.91 Å². The summed E-state index contributed by atoms with van der Waals surface area (Å²) in [6, 6.07) is 26.3. The summed E-state index contributed by atoms with van der Waals surface area (Å²) < 4.78 is 5.22. The summed E-state index contributed by atoms with van der Waals surface area (Å²) in [4.78, 5) is 15.1. The smallest absolute Gasteiger partial charge is 0.253 e. The molecule has 29 heavy (non-hydrogen) atoms. The summed E-state index contributed by atoms with van der Waals surface area (Å²) in [5.41, 5.74) is 3.99. The summed E-state index contributed by atoms with van der Waals surface area (Å²) in [7, 11) is 1.67. The SMILES string of the molecule is COc1ccc(NC2CCCN(C(=O)c3cccc(-c4ccccc4)c3)C2)cc1. The second-order valence-electron chi connectivity index (χ2n) is 7.41. The molecule has 1 N–H and O–H groups in total. The number of ether oxygens (including phenoxy) is 1. The molecular formula is C25H26N2O2. The van der Waals surface area contributed by atoms with Gasteiger partial charge in [-0.3, -0.25) is 4.79 Å². The number of nitrogens with zero attached hydrogens (tertiary/aromatic N) is 1. The van der Waals surface area contributed by atoms with Gasteiger partial charge in [-0.05, 0) is 60.4 Å². The predicted octanol–water partition coefficient (Wildman–Crippen LogP) is 5.08. The number of nitrogens with one attached hydrogen (secondary N) is 1. The Morgan fingerprint density at radius 2 is 1.72 bits per heavy atom. The highest BCUT2D eigenvalue weighted by molar-refractivity contribution is 5.95. The van der Waals surface area contributed by atoms with E-state index in [0.717, 1.165) is 47.5 Å². The molecule has 1 heterocycles. The quantitative estimate of drug-likeness (QED) is 0.665. The molecule has 4 heteroatoms. The summed E-state index contributed by atoms with van der Waals surface area (Å²) in [5, 5.41) is 3.56. The molecule has 4 rings (SSSR count). The van der Waals surface area contributed by atoms with E-state index >= 15 is 0 Å². The maximum atomic E-state index is 13.1. The number of piperidine rings is 1. The molecule has 1 aliphatic heterocycles. The van der Waals surface area contributed by atoms with Crippen molar-refractivity contribution in [3.63, 3.8) is 0 Å². The fourth-order valence-electron chi connectivity index (χ4n) is 3.85. The minimum Gasteiger partial charge on any atom is -0.497 e. The van der Waals surface area contributed by atoms with E-state index in [1.807, 2.05) is 65.6 Å². The van der Waals surface area contributed by atoms with Gasteiger partial charge in [0, 0.05) is 30.4 Å². The van der Waals surface area contributed by atoms with Gasteiger partial charge in [0.2, 0.25) is 0 Å². The first-order valence-electron chi connectivity index (χ1n) is 10.1. The third kappa shape index (κ3) is 4.60. The Kier molecular flexibility index (Phi) is 5.80. The van der Waals surface area contributed by atoms with Crippen LogP contribution in [0.3, 0.4) is 0 Å². The van der Waals surface area contributed by atoms with Crippen LogP contribution in [-0.2, 0) is 0 Å². The van der Waals surface area contributed by atoms with Crippen molar-refractivity contribution in [2.45, 2.75) is 18.9 Å². The number of hydrogen-bond donors (Lipinski definition) is 1. The second kappa shape index (κ2) is 8.82. The summed E-state index contributed by atoms with van der Waals surface area (Å²) >= 11 is 0. The number of carbonyl (C=O) groups is 1. The van der Waals surface area contributed by atoms with Crippen molar-refractivity contribution in [2.24, 2.45) is 0 Å². The highest BCUT2D eigenvalue weighted by atomic mass is 16.5. The maximum absolute atomic E-state index is 13.1. The molecule has 1 amide bonds. The van der Waals surface area contributed by atoms with Crippen LogP contribution < -0.4 is 10.1 Å². The maximum Gasteiger partial charge on any atom is 0.253 e. The Hall–Kier alpha value is -3.27. The van der Waals surface area contributed by atoms with E-state index in [4.69, 9.17) is 4.74 Å². The minimum absolute atomic E-state index is 0.101. The van der Waals surface area contributed by atoms with Gasteiger partial charge in [-0.25, -0.2) is 0 Å². The van der Waals surface area contributed by atoms with Gasteiger partial charge in [-0.15, -0.1) is 0 Å². The molecule has 1 aliphatic rings. The summed E-state index contributed by atoms with van der Waals surface area (Å²) in [6.45, 7) is 1.51. The van der Waals surface area contributed by atoms with Crippen LogP contribution in [-0.4, -0.2) is 37.0 Å². The molecule has 0 aliphatic carbocycles. The highest BCUT2D eigenvalue weighted by Gasteiger charge is 2.24. The largest absolute Gasteiger partial charge is 0.497 e. The van der Waals surface area contributed by atoms with Crippen LogP contribution in [0.25, 0.3) is 11.1 Å². The number of likely N-dealkylation sites (tertiary alicyclic amines) is 1. The molecule has 1 saturated heterocycles. The normalized spacial score (nSPS) is 16.3. The van der Waals surface area contributed by atoms with Crippen molar-refractivity contribution in [1.82, 2.24) is 4.90 Å². The first kappa shape index (κ1) is 19.1. The lowest BCUT2D eigenvalue weighted by atomic mass is 10.0. The predicted molar refractivity (Wildman–Crippen MR) is 117 cm³/mol. The van der Waals surface area contributed by atoms with Gasteiger partial charge in [0.05, 0.1) is 7.11 Å². The van der Waals surface area contributed by atoms with Gasteiger partial charge >= 0.3 is 0 Å². The molecule has 0 saturated carbocycles. The van der Waals surface area contributed by atoms with Crippen molar-refractivity contribution in [1.29, 1.82) is 0 Å². The topological polar surface area (TPSA) is 41.6 Å². The third-order valence-corrected chi connectivity index (χ3v) is 5.39. The van der Waals surface area contributed by atoms with E-state index in [0.29, 0.717) is 6.54 Å². The Bertz CT molecular complexity index is 954. The van der Waals surface area contributed by atoms with Crippen molar-refractivity contribution >= 4 is 11.6 Å².